The molecule has 4 amide bonds. The van der Waals surface area contributed by atoms with Crippen molar-refractivity contribution in [1.82, 2.24) is 20.0 Å². The lowest BCUT2D eigenvalue weighted by molar-refractivity contribution is -0.137. The Kier molecular flexibility index (Phi) is 8.29. The Labute approximate surface area is 247 Å². The Morgan fingerprint density at radius 2 is 1.76 bits per heavy atom. The van der Waals surface area contributed by atoms with Crippen molar-refractivity contribution in [2.45, 2.75) is 70.5 Å². The minimum Gasteiger partial charge on any atom is -0.368 e. The zero-order valence-corrected chi connectivity index (χ0v) is 24.5. The summed E-state index contributed by atoms with van der Waals surface area (Å²) in [5, 5.41) is 2.37. The number of rotatable bonds is 8. The van der Waals surface area contributed by atoms with Crippen LogP contribution in [-0.4, -0.2) is 89.7 Å². The van der Waals surface area contributed by atoms with Gasteiger partial charge in [0.15, 0.2) is 0 Å². The van der Waals surface area contributed by atoms with E-state index in [2.05, 4.69) is 57.3 Å². The zero-order valence-electron chi connectivity index (χ0n) is 24.5. The second-order valence-corrected chi connectivity index (χ2v) is 12.1. The maximum atomic E-state index is 13.5. The number of likely N-dealkylation sites (tertiary alicyclic amines) is 1. The molecule has 9 nitrogen and oxygen atoms in total. The van der Waals surface area contributed by atoms with Crippen LogP contribution in [0.25, 0.3) is 0 Å². The van der Waals surface area contributed by atoms with Crippen LogP contribution in [0.4, 0.5) is 5.69 Å². The van der Waals surface area contributed by atoms with Crippen molar-refractivity contribution >= 4 is 29.3 Å². The number of imide groups is 1. The number of piperazine rings is 1. The molecule has 9 heteroatoms. The van der Waals surface area contributed by atoms with Gasteiger partial charge >= 0.3 is 0 Å². The molecule has 2 aromatic carbocycles. The molecule has 0 saturated carbocycles. The topological polar surface area (TPSA) is 93.3 Å². The highest BCUT2D eigenvalue weighted by Crippen LogP contribution is 2.31. The van der Waals surface area contributed by atoms with Gasteiger partial charge in [0, 0.05) is 50.4 Å². The van der Waals surface area contributed by atoms with Gasteiger partial charge in [-0.2, -0.15) is 0 Å². The number of amides is 4. The van der Waals surface area contributed by atoms with Crippen molar-refractivity contribution in [3.05, 3.63) is 64.7 Å². The molecule has 6 rings (SSSR count). The molecule has 0 aromatic heterocycles. The van der Waals surface area contributed by atoms with Crippen molar-refractivity contribution < 1.29 is 19.2 Å². The molecule has 3 fully saturated rings. The van der Waals surface area contributed by atoms with Crippen LogP contribution in [0.15, 0.2) is 42.5 Å². The van der Waals surface area contributed by atoms with Crippen molar-refractivity contribution in [3.8, 4) is 0 Å². The number of unbranched alkanes of at least 4 members (excludes halogenated alkanes) is 1. The Balaban J connectivity index is 0.991. The molecule has 4 heterocycles. The third kappa shape index (κ3) is 5.79. The lowest BCUT2D eigenvalue weighted by Gasteiger charge is -2.38. The molecule has 2 aromatic rings. The molecular formula is C33H41N5O4. The van der Waals surface area contributed by atoms with Crippen LogP contribution in [-0.2, 0) is 27.3 Å². The average Bonchev–Trinajstić information content (AvgIpc) is 3.60. The molecule has 1 N–H and O–H groups in total. The normalized spacial score (nSPS) is 23.0. The number of hydrogen-bond acceptors (Lipinski definition) is 6. The molecule has 0 bridgehead atoms. The standard InChI is InChI=1S/C33H41N5O4/c1-23-7-4-10-25(21-23)35-17-19-37(20-18-35)33(42)29-12-6-16-36(29)15-3-2-8-24-9-5-11-26-27(24)22-38(32(26)41)28-13-14-30(39)34-31(28)40/h4-5,7,9-11,21,28-29H,2-3,6,8,12-20,22H2,1H3,(H,34,39,40). The van der Waals surface area contributed by atoms with Crippen molar-refractivity contribution in [1.29, 1.82) is 0 Å². The molecular weight excluding hydrogens is 530 g/mol. The van der Waals surface area contributed by atoms with Gasteiger partial charge in [0.2, 0.25) is 17.7 Å². The number of carbonyl (C=O) groups excluding carboxylic acids is 4. The predicted molar refractivity (Wildman–Crippen MR) is 160 cm³/mol. The van der Waals surface area contributed by atoms with Crippen LogP contribution in [0.3, 0.4) is 0 Å². The monoisotopic (exact) mass is 571 g/mol. The molecule has 2 unspecified atom stereocenters. The molecule has 2 atom stereocenters. The van der Waals surface area contributed by atoms with Crippen molar-refractivity contribution in [2.24, 2.45) is 0 Å². The van der Waals surface area contributed by atoms with E-state index in [1.807, 2.05) is 12.1 Å². The van der Waals surface area contributed by atoms with Gasteiger partial charge in [0.1, 0.15) is 6.04 Å². The second kappa shape index (κ2) is 12.3. The number of aryl methyl sites for hydroxylation is 2. The Hall–Kier alpha value is -3.72. The van der Waals surface area contributed by atoms with Crippen LogP contribution in [0.2, 0.25) is 0 Å². The molecule has 0 aliphatic carbocycles. The van der Waals surface area contributed by atoms with E-state index >= 15 is 0 Å². The predicted octanol–water partition coefficient (Wildman–Crippen LogP) is 2.89. The first kappa shape index (κ1) is 28.4. The Morgan fingerprint density at radius 3 is 2.55 bits per heavy atom. The molecule has 42 heavy (non-hydrogen) atoms. The fourth-order valence-corrected chi connectivity index (χ4v) is 7.11. The van der Waals surface area contributed by atoms with E-state index < -0.39 is 6.04 Å². The summed E-state index contributed by atoms with van der Waals surface area (Å²) in [6.45, 7) is 7.67. The van der Waals surface area contributed by atoms with E-state index in [0.29, 0.717) is 18.5 Å². The van der Waals surface area contributed by atoms with E-state index in [4.69, 9.17) is 0 Å². The molecule has 4 aliphatic rings. The molecule has 0 spiro atoms. The highest BCUT2D eigenvalue weighted by molar-refractivity contribution is 6.05. The summed E-state index contributed by atoms with van der Waals surface area (Å²) in [6.07, 6.45) is 5.43. The third-order valence-corrected chi connectivity index (χ3v) is 9.43. The fraction of sp³-hybridized carbons (Fsp3) is 0.515. The Morgan fingerprint density at radius 1 is 0.952 bits per heavy atom. The van der Waals surface area contributed by atoms with Crippen LogP contribution < -0.4 is 10.2 Å². The summed E-state index contributed by atoms with van der Waals surface area (Å²) >= 11 is 0. The van der Waals surface area contributed by atoms with Gasteiger partial charge < -0.3 is 14.7 Å². The number of fused-ring (bicyclic) bond motifs is 1. The van der Waals surface area contributed by atoms with Gasteiger partial charge in [0.25, 0.3) is 5.91 Å². The van der Waals surface area contributed by atoms with Gasteiger partial charge in [-0.1, -0.05) is 24.3 Å². The summed E-state index contributed by atoms with van der Waals surface area (Å²) in [7, 11) is 0. The first-order valence-electron chi connectivity index (χ1n) is 15.5. The molecule has 222 valence electrons. The zero-order chi connectivity index (χ0) is 29.2. The second-order valence-electron chi connectivity index (χ2n) is 12.1. The van der Waals surface area contributed by atoms with Crippen molar-refractivity contribution in [2.75, 3.05) is 44.2 Å². The Bertz CT molecular complexity index is 1370. The van der Waals surface area contributed by atoms with E-state index in [0.717, 1.165) is 82.5 Å². The average molecular weight is 572 g/mol. The van der Waals surface area contributed by atoms with Gasteiger partial charge in [0.05, 0.1) is 6.04 Å². The fourth-order valence-electron chi connectivity index (χ4n) is 7.11. The van der Waals surface area contributed by atoms with E-state index in [-0.39, 0.29) is 36.1 Å². The summed E-state index contributed by atoms with van der Waals surface area (Å²) in [5.74, 6) is -0.496. The number of carbonyl (C=O) groups is 4. The summed E-state index contributed by atoms with van der Waals surface area (Å²) in [5.41, 5.74) is 5.32. The van der Waals surface area contributed by atoms with Gasteiger partial charge in [-0.3, -0.25) is 29.4 Å². The number of benzene rings is 2. The SMILES string of the molecule is Cc1cccc(N2CCN(C(=O)C3CCCN3CCCCc3cccc4c3CN(C3CCC(=O)NC3=O)C4=O)CC2)c1. The number of anilines is 1. The number of piperidine rings is 1. The highest BCUT2D eigenvalue weighted by atomic mass is 16.2. The number of nitrogens with one attached hydrogen (secondary N) is 1. The summed E-state index contributed by atoms with van der Waals surface area (Å²) in [6, 6.07) is 13.8. The van der Waals surface area contributed by atoms with Crippen molar-refractivity contribution in [3.63, 3.8) is 0 Å². The summed E-state index contributed by atoms with van der Waals surface area (Å²) in [4.78, 5) is 59.1. The highest BCUT2D eigenvalue weighted by Gasteiger charge is 2.40. The van der Waals surface area contributed by atoms with Crippen LogP contribution in [0.5, 0.6) is 0 Å². The van der Waals surface area contributed by atoms with Gasteiger partial charge in [-0.15, -0.1) is 0 Å². The largest absolute Gasteiger partial charge is 0.368 e. The maximum absolute atomic E-state index is 13.5. The lowest BCUT2D eigenvalue weighted by atomic mass is 9.98. The van der Waals surface area contributed by atoms with E-state index in [1.165, 1.54) is 11.3 Å². The molecule has 0 radical (unpaired) electrons. The minimum absolute atomic E-state index is 0.0174. The van der Waals surface area contributed by atoms with E-state index in [1.54, 1.807) is 4.90 Å². The van der Waals surface area contributed by atoms with Crippen LogP contribution in [0, 0.1) is 6.92 Å². The smallest absolute Gasteiger partial charge is 0.255 e. The molecule has 3 saturated heterocycles. The quantitative estimate of drug-likeness (QED) is 0.387. The third-order valence-electron chi connectivity index (χ3n) is 9.43. The van der Waals surface area contributed by atoms with E-state index in [9.17, 15) is 19.2 Å². The minimum atomic E-state index is -0.592. The lowest BCUT2D eigenvalue weighted by Crippen LogP contribution is -2.53. The molecule has 4 aliphatic heterocycles. The van der Waals surface area contributed by atoms with Crippen LogP contribution in [0.1, 0.15) is 65.6 Å². The maximum Gasteiger partial charge on any atom is 0.255 e. The number of nitrogens with zero attached hydrogens (tertiary/aromatic N) is 4. The first-order valence-corrected chi connectivity index (χ1v) is 15.5. The van der Waals surface area contributed by atoms with Gasteiger partial charge in [-0.05, 0) is 93.4 Å². The van der Waals surface area contributed by atoms with Gasteiger partial charge in [-0.25, -0.2) is 0 Å². The van der Waals surface area contributed by atoms with Crippen LogP contribution >= 0.6 is 0 Å². The summed E-state index contributed by atoms with van der Waals surface area (Å²) < 4.78 is 0. The first-order chi connectivity index (χ1) is 20.4. The number of hydrogen-bond donors (Lipinski definition) is 1.